The van der Waals surface area contributed by atoms with Gasteiger partial charge in [0, 0.05) is 36.1 Å². The van der Waals surface area contributed by atoms with Crippen molar-refractivity contribution in [2.45, 2.75) is 71.0 Å². The van der Waals surface area contributed by atoms with Crippen LogP contribution < -0.4 is 5.63 Å². The van der Waals surface area contributed by atoms with Crippen LogP contribution in [-0.2, 0) is 6.54 Å². The zero-order valence-corrected chi connectivity index (χ0v) is 19.3. The van der Waals surface area contributed by atoms with Crippen molar-refractivity contribution in [3.63, 3.8) is 0 Å². The molecule has 1 aromatic carbocycles. The summed E-state index contributed by atoms with van der Waals surface area (Å²) >= 11 is 0. The predicted molar refractivity (Wildman–Crippen MR) is 126 cm³/mol. The molecule has 3 fully saturated rings. The van der Waals surface area contributed by atoms with Crippen molar-refractivity contribution >= 4 is 11.0 Å². The summed E-state index contributed by atoms with van der Waals surface area (Å²) in [5.41, 5.74) is 4.23. The van der Waals surface area contributed by atoms with Crippen LogP contribution in [0.4, 0.5) is 0 Å². The van der Waals surface area contributed by atoms with Gasteiger partial charge in [0.05, 0.1) is 5.56 Å². The first kappa shape index (κ1) is 20.5. The number of phenols is 1. The summed E-state index contributed by atoms with van der Waals surface area (Å²) < 4.78 is 5.75. The first-order valence-corrected chi connectivity index (χ1v) is 12.4. The number of nitrogens with zero attached hydrogens (tertiary/aromatic N) is 2. The lowest BCUT2D eigenvalue weighted by Crippen LogP contribution is -2.59. The highest BCUT2D eigenvalue weighted by molar-refractivity contribution is 5.85. The predicted octanol–water partition coefficient (Wildman–Crippen LogP) is 4.51. The normalized spacial score (nSPS) is 30.6. The molecule has 0 radical (unpaired) electrons. The van der Waals surface area contributed by atoms with E-state index < -0.39 is 0 Å². The van der Waals surface area contributed by atoms with Crippen LogP contribution >= 0.6 is 0 Å². The Bertz CT molecular complexity index is 1150. The van der Waals surface area contributed by atoms with Gasteiger partial charge in [0.25, 0.3) is 0 Å². The van der Waals surface area contributed by atoms with Crippen molar-refractivity contribution in [1.82, 2.24) is 9.80 Å². The number of likely N-dealkylation sites (tertiary alicyclic amines) is 1. The van der Waals surface area contributed by atoms with Crippen LogP contribution in [0, 0.1) is 25.7 Å². The van der Waals surface area contributed by atoms with E-state index in [9.17, 15) is 9.90 Å². The van der Waals surface area contributed by atoms with Gasteiger partial charge in [-0.2, -0.15) is 0 Å². The van der Waals surface area contributed by atoms with E-state index in [1.54, 1.807) is 11.6 Å². The Kier molecular flexibility index (Phi) is 4.96. The number of fused-ring (bicyclic) bond motifs is 7. The number of benzene rings is 1. The lowest BCUT2D eigenvalue weighted by Gasteiger charge is -2.54. The van der Waals surface area contributed by atoms with E-state index in [4.69, 9.17) is 4.42 Å². The molecule has 4 unspecified atom stereocenters. The Hall–Kier alpha value is -2.11. The fraction of sp³-hybridized carbons (Fsp3) is 0.593. The quantitative estimate of drug-likeness (QED) is 0.557. The maximum atomic E-state index is 12.4. The van der Waals surface area contributed by atoms with Crippen molar-refractivity contribution in [2.24, 2.45) is 11.8 Å². The average molecular weight is 435 g/mol. The van der Waals surface area contributed by atoms with Crippen molar-refractivity contribution in [3.8, 4) is 5.75 Å². The van der Waals surface area contributed by atoms with E-state index in [0.717, 1.165) is 41.4 Å². The summed E-state index contributed by atoms with van der Waals surface area (Å²) in [4.78, 5) is 17.8. The van der Waals surface area contributed by atoms with Crippen LogP contribution in [0.5, 0.6) is 5.75 Å². The average Bonchev–Trinajstić information content (AvgIpc) is 2.79. The van der Waals surface area contributed by atoms with Crippen LogP contribution in [0.3, 0.4) is 0 Å². The molecule has 3 aliphatic heterocycles. The van der Waals surface area contributed by atoms with Crippen molar-refractivity contribution in [2.75, 3.05) is 19.6 Å². The summed E-state index contributed by atoms with van der Waals surface area (Å²) in [6.07, 6.45) is 10.4. The van der Waals surface area contributed by atoms with Gasteiger partial charge >= 0.3 is 5.63 Å². The number of rotatable bonds is 2. The van der Waals surface area contributed by atoms with Crippen molar-refractivity contribution < 1.29 is 9.52 Å². The summed E-state index contributed by atoms with van der Waals surface area (Å²) in [5.74, 6) is 1.60. The standard InChI is InChI=1S/C27H34N2O3/c1-16-17(2)27(31)32-26-21(16)8-9-24(30)22(26)15-29-11-5-6-18-12-19-13-20(25(18)29)14-28-10-4-3-7-23(19)28/h8-9,12,19-20,23,25,30H,3-7,10-11,13-15H2,1-2H3. The Balaban J connectivity index is 1.38. The first-order chi connectivity index (χ1) is 15.5. The van der Waals surface area contributed by atoms with Crippen LogP contribution in [-0.4, -0.2) is 46.6 Å². The fourth-order valence-electron chi connectivity index (χ4n) is 7.17. The molecule has 2 bridgehead atoms. The molecule has 3 saturated heterocycles. The number of piperidine rings is 3. The minimum atomic E-state index is -0.301. The molecule has 4 atom stereocenters. The van der Waals surface area contributed by atoms with Gasteiger partial charge in [-0.1, -0.05) is 18.1 Å². The summed E-state index contributed by atoms with van der Waals surface area (Å²) in [6, 6.07) is 4.84. The second-order valence-corrected chi connectivity index (χ2v) is 10.6. The van der Waals surface area contributed by atoms with Crippen molar-refractivity contribution in [1.29, 1.82) is 0 Å². The molecule has 4 heterocycles. The minimum Gasteiger partial charge on any atom is -0.507 e. The van der Waals surface area contributed by atoms with E-state index in [0.29, 0.717) is 29.7 Å². The molecule has 170 valence electrons. The molecule has 4 aliphatic rings. The number of hydrogen-bond acceptors (Lipinski definition) is 5. The minimum absolute atomic E-state index is 0.230. The second-order valence-electron chi connectivity index (χ2n) is 10.6. The molecule has 32 heavy (non-hydrogen) atoms. The SMILES string of the molecule is Cc1c(C)c2ccc(O)c(CN3CCCC4=CC5CC(CN6CCCCC56)C43)c2oc1=O. The van der Waals surface area contributed by atoms with Gasteiger partial charge in [-0.25, -0.2) is 4.79 Å². The van der Waals surface area contributed by atoms with Crippen LogP contribution in [0.25, 0.3) is 11.0 Å². The lowest BCUT2D eigenvalue weighted by atomic mass is 9.68. The number of aromatic hydroxyl groups is 1. The second kappa shape index (κ2) is 7.74. The summed E-state index contributed by atoms with van der Waals surface area (Å²) in [7, 11) is 0. The first-order valence-electron chi connectivity index (χ1n) is 12.4. The largest absolute Gasteiger partial charge is 0.507 e. The van der Waals surface area contributed by atoms with Crippen LogP contribution in [0.15, 0.2) is 33.0 Å². The molecular formula is C27H34N2O3. The third-order valence-corrected chi connectivity index (χ3v) is 8.83. The highest BCUT2D eigenvalue weighted by Crippen LogP contribution is 2.45. The Morgan fingerprint density at radius 2 is 2.00 bits per heavy atom. The maximum Gasteiger partial charge on any atom is 0.339 e. The molecule has 1 N–H and O–H groups in total. The Morgan fingerprint density at radius 3 is 2.88 bits per heavy atom. The van der Waals surface area contributed by atoms with E-state index in [2.05, 4.69) is 15.9 Å². The molecule has 1 aromatic heterocycles. The van der Waals surface area contributed by atoms with Gasteiger partial charge in [-0.05, 0) is 88.6 Å². The highest BCUT2D eigenvalue weighted by atomic mass is 16.4. The van der Waals surface area contributed by atoms with Crippen molar-refractivity contribution in [3.05, 3.63) is 50.9 Å². The maximum absolute atomic E-state index is 12.4. The Labute approximate surface area is 189 Å². The smallest absolute Gasteiger partial charge is 0.339 e. The monoisotopic (exact) mass is 434 g/mol. The number of hydrogen-bond donors (Lipinski definition) is 1. The van der Waals surface area contributed by atoms with Crippen LogP contribution in [0.2, 0.25) is 0 Å². The van der Waals surface area contributed by atoms with Gasteiger partial charge in [-0.3, -0.25) is 9.80 Å². The molecule has 0 spiro atoms. The topological polar surface area (TPSA) is 56.9 Å². The summed E-state index contributed by atoms with van der Waals surface area (Å²) in [6.45, 7) is 7.88. The molecule has 5 heteroatoms. The van der Waals surface area contributed by atoms with Gasteiger partial charge in [-0.15, -0.1) is 0 Å². The zero-order valence-electron chi connectivity index (χ0n) is 19.3. The zero-order chi connectivity index (χ0) is 22.0. The van der Waals surface area contributed by atoms with E-state index >= 15 is 0 Å². The molecule has 0 saturated carbocycles. The van der Waals surface area contributed by atoms with Gasteiger partial charge in [0.1, 0.15) is 11.3 Å². The summed E-state index contributed by atoms with van der Waals surface area (Å²) in [5, 5.41) is 11.7. The van der Waals surface area contributed by atoms with Gasteiger partial charge in [0.2, 0.25) is 0 Å². The third kappa shape index (κ3) is 3.16. The molecular weight excluding hydrogens is 400 g/mol. The van der Waals surface area contributed by atoms with E-state index in [1.165, 1.54) is 45.2 Å². The van der Waals surface area contributed by atoms with E-state index in [1.807, 2.05) is 19.9 Å². The molecule has 6 rings (SSSR count). The van der Waals surface area contributed by atoms with E-state index in [-0.39, 0.29) is 11.4 Å². The third-order valence-electron chi connectivity index (χ3n) is 8.83. The lowest BCUT2D eigenvalue weighted by molar-refractivity contribution is -0.00274. The molecule has 2 aromatic rings. The molecule has 0 amide bonds. The van der Waals surface area contributed by atoms with Crippen LogP contribution in [0.1, 0.15) is 55.2 Å². The molecule has 5 nitrogen and oxygen atoms in total. The number of phenolic OH excluding ortho intramolecular Hbond substituents is 1. The Morgan fingerprint density at radius 1 is 1.12 bits per heavy atom. The van der Waals surface area contributed by atoms with Gasteiger partial charge < -0.3 is 9.52 Å². The molecule has 1 aliphatic carbocycles. The fourth-order valence-corrected chi connectivity index (χ4v) is 7.17. The number of aryl methyl sites for hydroxylation is 1. The highest BCUT2D eigenvalue weighted by Gasteiger charge is 2.46. The van der Waals surface area contributed by atoms with Gasteiger partial charge in [0.15, 0.2) is 0 Å².